The number of hydrogen-bond donors (Lipinski definition) is 1. The second-order valence-electron chi connectivity index (χ2n) is 7.43. The van der Waals surface area contributed by atoms with Crippen LogP contribution in [0.15, 0.2) is 24.4 Å². The van der Waals surface area contributed by atoms with Crippen molar-refractivity contribution in [3.05, 3.63) is 35.7 Å². The fourth-order valence-corrected chi connectivity index (χ4v) is 3.67. The van der Waals surface area contributed by atoms with Crippen molar-refractivity contribution in [2.75, 3.05) is 44.8 Å². The molecule has 1 amide bonds. The van der Waals surface area contributed by atoms with Crippen molar-refractivity contribution in [1.82, 2.24) is 19.9 Å². The number of anilines is 1. The predicted molar refractivity (Wildman–Crippen MR) is 105 cm³/mol. The third-order valence-electron chi connectivity index (χ3n) is 5.32. The summed E-state index contributed by atoms with van der Waals surface area (Å²) in [6.45, 7) is 7.30. The summed E-state index contributed by atoms with van der Waals surface area (Å²) < 4.78 is 13.0. The summed E-state index contributed by atoms with van der Waals surface area (Å²) in [5.41, 5.74) is 2.01. The smallest absolute Gasteiger partial charge is 0.277 e. The molecule has 0 saturated carbocycles. The normalized spacial score (nSPS) is 19.8. The molecule has 1 aromatic carbocycles. The minimum absolute atomic E-state index is 0.160. The molecule has 0 radical (unpaired) electrons. The van der Waals surface area contributed by atoms with Crippen molar-refractivity contribution in [1.29, 1.82) is 0 Å². The van der Waals surface area contributed by atoms with Crippen LogP contribution in [0.5, 0.6) is 5.75 Å². The Bertz CT molecular complexity index is 810. The van der Waals surface area contributed by atoms with E-state index in [1.165, 1.54) is 25.9 Å². The highest BCUT2D eigenvalue weighted by atomic mass is 16.5. The van der Waals surface area contributed by atoms with E-state index in [9.17, 15) is 4.79 Å². The van der Waals surface area contributed by atoms with E-state index in [1.54, 1.807) is 10.9 Å². The zero-order valence-electron chi connectivity index (χ0n) is 16.3. The minimum Gasteiger partial charge on any atom is -0.492 e. The number of nitrogens with one attached hydrogen (secondary N) is 1. The molecule has 2 aliphatic heterocycles. The van der Waals surface area contributed by atoms with Gasteiger partial charge < -0.3 is 14.8 Å². The van der Waals surface area contributed by atoms with Gasteiger partial charge >= 0.3 is 0 Å². The maximum absolute atomic E-state index is 12.5. The number of aromatic nitrogens is 3. The maximum atomic E-state index is 12.5. The van der Waals surface area contributed by atoms with Crippen molar-refractivity contribution in [3.63, 3.8) is 0 Å². The van der Waals surface area contributed by atoms with Gasteiger partial charge in [0.15, 0.2) is 5.69 Å². The van der Waals surface area contributed by atoms with Crippen LogP contribution in [0, 0.1) is 6.92 Å². The van der Waals surface area contributed by atoms with Crippen molar-refractivity contribution < 1.29 is 14.3 Å². The Morgan fingerprint density at radius 3 is 2.96 bits per heavy atom. The van der Waals surface area contributed by atoms with E-state index in [1.807, 2.05) is 25.1 Å². The Morgan fingerprint density at radius 2 is 2.21 bits per heavy atom. The van der Waals surface area contributed by atoms with Gasteiger partial charge in [0.2, 0.25) is 0 Å². The molecule has 3 heterocycles. The second-order valence-corrected chi connectivity index (χ2v) is 7.43. The molecule has 4 rings (SSSR count). The summed E-state index contributed by atoms with van der Waals surface area (Å²) in [5.74, 6) is 0.580. The van der Waals surface area contributed by atoms with Crippen molar-refractivity contribution in [2.24, 2.45) is 0 Å². The lowest BCUT2D eigenvalue weighted by atomic mass is 10.2. The molecule has 0 unspecified atom stereocenters. The zero-order valence-corrected chi connectivity index (χ0v) is 16.3. The van der Waals surface area contributed by atoms with Gasteiger partial charge in [-0.25, -0.2) is 4.68 Å². The Balaban J connectivity index is 1.31. The summed E-state index contributed by atoms with van der Waals surface area (Å²) >= 11 is 0. The van der Waals surface area contributed by atoms with Crippen LogP contribution < -0.4 is 10.1 Å². The summed E-state index contributed by atoms with van der Waals surface area (Å²) in [4.78, 5) is 14.9. The van der Waals surface area contributed by atoms with Crippen molar-refractivity contribution >= 4 is 11.6 Å². The predicted octanol–water partition coefficient (Wildman–Crippen LogP) is 2.27. The molecular weight excluding hydrogens is 358 g/mol. The Morgan fingerprint density at radius 1 is 1.36 bits per heavy atom. The first-order valence-corrected chi connectivity index (χ1v) is 9.96. The van der Waals surface area contributed by atoms with Gasteiger partial charge in [-0.05, 0) is 63.0 Å². The number of likely N-dealkylation sites (tertiary alicyclic amines) is 1. The summed E-state index contributed by atoms with van der Waals surface area (Å²) in [5, 5.41) is 10.9. The molecule has 1 N–H and O–H groups in total. The first-order chi connectivity index (χ1) is 13.7. The van der Waals surface area contributed by atoms with Crippen molar-refractivity contribution in [2.45, 2.75) is 32.2 Å². The lowest BCUT2D eigenvalue weighted by Crippen LogP contribution is -2.25. The van der Waals surface area contributed by atoms with Crippen LogP contribution in [0.4, 0.5) is 5.69 Å². The molecule has 0 bridgehead atoms. The van der Waals surface area contributed by atoms with E-state index < -0.39 is 0 Å². The number of nitrogens with zero attached hydrogens (tertiary/aromatic N) is 4. The van der Waals surface area contributed by atoms with Crippen LogP contribution in [0.2, 0.25) is 0 Å². The van der Waals surface area contributed by atoms with Gasteiger partial charge in [-0.3, -0.25) is 9.69 Å². The summed E-state index contributed by atoms with van der Waals surface area (Å²) in [6.07, 6.45) is 5.14. The molecule has 0 aliphatic carbocycles. The highest BCUT2D eigenvalue weighted by molar-refractivity contribution is 6.02. The van der Waals surface area contributed by atoms with E-state index in [-0.39, 0.29) is 11.9 Å². The standard InChI is InChI=1S/C20H27N5O3/c1-15-12-16(4-5-19(15)28-11-9-24-7-2-3-8-24)21-20(26)18-13-25(23-22-18)17-6-10-27-14-17/h4-5,12-13,17H,2-3,6-11,14H2,1H3,(H,21,26)/t17-/m0/s1. The number of benzene rings is 1. The van der Waals surface area contributed by atoms with E-state index in [4.69, 9.17) is 9.47 Å². The number of rotatable bonds is 7. The van der Waals surface area contributed by atoms with Crippen LogP contribution in [0.3, 0.4) is 0 Å². The number of carbonyl (C=O) groups excluding carboxylic acids is 1. The number of aryl methyl sites for hydroxylation is 1. The molecule has 0 spiro atoms. The SMILES string of the molecule is Cc1cc(NC(=O)c2cn([C@H]3CCOC3)nn2)ccc1OCCN1CCCC1. The van der Waals surface area contributed by atoms with Crippen LogP contribution in [0.1, 0.15) is 41.4 Å². The average Bonchev–Trinajstić information content (AvgIpc) is 3.45. The van der Waals surface area contributed by atoms with E-state index in [2.05, 4.69) is 20.5 Å². The van der Waals surface area contributed by atoms with Crippen molar-refractivity contribution in [3.8, 4) is 5.75 Å². The Labute approximate surface area is 164 Å². The molecule has 1 atom stereocenters. The second kappa shape index (κ2) is 8.70. The fraction of sp³-hybridized carbons (Fsp3) is 0.550. The molecule has 2 saturated heterocycles. The molecule has 1 aromatic heterocycles. The zero-order chi connectivity index (χ0) is 19.3. The van der Waals surface area contributed by atoms with Gasteiger partial charge in [0.1, 0.15) is 12.4 Å². The minimum atomic E-state index is -0.271. The third-order valence-corrected chi connectivity index (χ3v) is 5.32. The molecule has 8 heteroatoms. The maximum Gasteiger partial charge on any atom is 0.277 e. The van der Waals surface area contributed by atoms with Gasteiger partial charge in [-0.2, -0.15) is 0 Å². The van der Waals surface area contributed by atoms with Gasteiger partial charge in [-0.1, -0.05) is 5.21 Å². The molecule has 2 aromatic rings. The Hall–Kier alpha value is -2.45. The lowest BCUT2D eigenvalue weighted by Gasteiger charge is -2.16. The van der Waals surface area contributed by atoms with Crippen LogP contribution >= 0.6 is 0 Å². The lowest BCUT2D eigenvalue weighted by molar-refractivity contribution is 0.102. The van der Waals surface area contributed by atoms with Gasteiger partial charge in [-0.15, -0.1) is 5.10 Å². The quantitative estimate of drug-likeness (QED) is 0.787. The fourth-order valence-electron chi connectivity index (χ4n) is 3.67. The molecular formula is C20H27N5O3. The number of amides is 1. The molecule has 8 nitrogen and oxygen atoms in total. The number of carbonyl (C=O) groups is 1. The first-order valence-electron chi connectivity index (χ1n) is 9.96. The molecule has 2 fully saturated rings. The average molecular weight is 385 g/mol. The highest BCUT2D eigenvalue weighted by Crippen LogP contribution is 2.23. The molecule has 28 heavy (non-hydrogen) atoms. The summed E-state index contributed by atoms with van der Waals surface area (Å²) in [7, 11) is 0. The van der Waals surface area contributed by atoms with Crippen LogP contribution in [0.25, 0.3) is 0 Å². The van der Waals surface area contributed by atoms with Crippen LogP contribution in [-0.2, 0) is 4.74 Å². The molecule has 2 aliphatic rings. The third kappa shape index (κ3) is 4.51. The van der Waals surface area contributed by atoms with E-state index in [0.29, 0.717) is 24.6 Å². The first kappa shape index (κ1) is 18.9. The van der Waals surface area contributed by atoms with E-state index >= 15 is 0 Å². The monoisotopic (exact) mass is 385 g/mol. The van der Waals surface area contributed by atoms with E-state index in [0.717, 1.165) is 30.9 Å². The van der Waals surface area contributed by atoms with Gasteiger partial charge in [0, 0.05) is 18.8 Å². The highest BCUT2D eigenvalue weighted by Gasteiger charge is 2.21. The Kier molecular flexibility index (Phi) is 5.87. The number of hydrogen-bond acceptors (Lipinski definition) is 6. The largest absolute Gasteiger partial charge is 0.492 e. The van der Waals surface area contributed by atoms with Crippen LogP contribution in [-0.4, -0.2) is 65.3 Å². The number of ether oxygens (including phenoxy) is 2. The molecule has 150 valence electrons. The van der Waals surface area contributed by atoms with Gasteiger partial charge in [0.25, 0.3) is 5.91 Å². The summed E-state index contributed by atoms with van der Waals surface area (Å²) in [6, 6.07) is 5.83. The topological polar surface area (TPSA) is 81.5 Å². The van der Waals surface area contributed by atoms with Gasteiger partial charge in [0.05, 0.1) is 18.8 Å².